The van der Waals surface area contributed by atoms with Crippen LogP contribution >= 0.6 is 11.8 Å². The molecule has 2 N–H and O–H groups in total. The van der Waals surface area contributed by atoms with E-state index < -0.39 is 0 Å². The lowest BCUT2D eigenvalue weighted by Gasteiger charge is -2.03. The molecule has 1 amide bonds. The lowest BCUT2D eigenvalue weighted by molar-refractivity contribution is -0.118. The Labute approximate surface area is 128 Å². The van der Waals surface area contributed by atoms with Crippen molar-refractivity contribution in [1.29, 1.82) is 0 Å². The second kappa shape index (κ2) is 8.46. The number of nitrogens with one attached hydrogen (secondary N) is 2. The quantitative estimate of drug-likeness (QED) is 0.735. The minimum atomic E-state index is -0.0104. The molecule has 0 bridgehead atoms. The van der Waals surface area contributed by atoms with Crippen LogP contribution in [-0.4, -0.2) is 26.8 Å². The summed E-state index contributed by atoms with van der Waals surface area (Å²) in [5.41, 5.74) is 1.09. The van der Waals surface area contributed by atoms with Crippen molar-refractivity contribution < 1.29 is 4.79 Å². The third kappa shape index (κ3) is 5.59. The van der Waals surface area contributed by atoms with Gasteiger partial charge in [-0.15, -0.1) is 5.10 Å². The standard InChI is InChI=1S/C15H20N4OS/c1-2-3-9-13-17-15(19-18-13)21-11-14(20)16-10-12-7-5-4-6-8-12/h4-8H,2-3,9-11H2,1H3,(H,16,20)(H,17,18,19). The number of hydrogen-bond donors (Lipinski definition) is 2. The summed E-state index contributed by atoms with van der Waals surface area (Å²) >= 11 is 1.35. The Kier molecular flexibility index (Phi) is 6.27. The van der Waals surface area contributed by atoms with Crippen LogP contribution in [0.25, 0.3) is 0 Å². The van der Waals surface area contributed by atoms with E-state index in [9.17, 15) is 4.79 Å². The highest BCUT2D eigenvalue weighted by Crippen LogP contribution is 2.12. The van der Waals surface area contributed by atoms with Crippen LogP contribution < -0.4 is 5.32 Å². The Morgan fingerprint density at radius 2 is 2.14 bits per heavy atom. The molecule has 112 valence electrons. The van der Waals surface area contributed by atoms with E-state index >= 15 is 0 Å². The number of aryl methyl sites for hydroxylation is 1. The van der Waals surface area contributed by atoms with E-state index in [1.54, 1.807) is 0 Å². The maximum atomic E-state index is 11.8. The van der Waals surface area contributed by atoms with Gasteiger partial charge in [-0.3, -0.25) is 9.89 Å². The minimum Gasteiger partial charge on any atom is -0.351 e. The van der Waals surface area contributed by atoms with Crippen molar-refractivity contribution in [3.8, 4) is 0 Å². The molecule has 6 heteroatoms. The zero-order valence-electron chi connectivity index (χ0n) is 12.1. The van der Waals surface area contributed by atoms with E-state index in [-0.39, 0.29) is 5.91 Å². The maximum absolute atomic E-state index is 11.8. The zero-order chi connectivity index (χ0) is 14.9. The fourth-order valence-corrected chi connectivity index (χ4v) is 2.42. The van der Waals surface area contributed by atoms with Crippen LogP contribution in [0.2, 0.25) is 0 Å². The van der Waals surface area contributed by atoms with E-state index in [0.717, 1.165) is 30.7 Å². The van der Waals surface area contributed by atoms with Gasteiger partial charge in [0.15, 0.2) is 0 Å². The molecule has 0 aliphatic carbocycles. The van der Waals surface area contributed by atoms with Crippen molar-refractivity contribution in [2.24, 2.45) is 0 Å². The number of carbonyl (C=O) groups is 1. The molecular weight excluding hydrogens is 284 g/mol. The Morgan fingerprint density at radius 3 is 2.90 bits per heavy atom. The first-order valence-electron chi connectivity index (χ1n) is 7.12. The fraction of sp³-hybridized carbons (Fsp3) is 0.400. The summed E-state index contributed by atoms with van der Waals surface area (Å²) in [7, 11) is 0. The number of nitrogens with zero attached hydrogens (tertiary/aromatic N) is 2. The summed E-state index contributed by atoms with van der Waals surface area (Å²) in [6, 6.07) is 9.86. The first kappa shape index (κ1) is 15.6. The van der Waals surface area contributed by atoms with E-state index in [1.807, 2.05) is 30.3 Å². The third-order valence-corrected chi connectivity index (χ3v) is 3.79. The highest BCUT2D eigenvalue weighted by molar-refractivity contribution is 7.99. The number of amides is 1. The predicted octanol–water partition coefficient (Wildman–Crippen LogP) is 2.56. The molecule has 1 heterocycles. The highest BCUT2D eigenvalue weighted by Gasteiger charge is 2.07. The van der Waals surface area contributed by atoms with Crippen molar-refractivity contribution in [3.63, 3.8) is 0 Å². The number of thioether (sulfide) groups is 1. The fourth-order valence-electron chi connectivity index (χ4n) is 1.78. The van der Waals surface area contributed by atoms with E-state index in [2.05, 4.69) is 27.4 Å². The second-order valence-electron chi connectivity index (χ2n) is 4.72. The van der Waals surface area contributed by atoms with Gasteiger partial charge in [0.2, 0.25) is 11.1 Å². The first-order chi connectivity index (χ1) is 10.3. The van der Waals surface area contributed by atoms with Crippen LogP contribution in [0.4, 0.5) is 0 Å². The molecule has 21 heavy (non-hydrogen) atoms. The van der Waals surface area contributed by atoms with Crippen LogP contribution in [0.15, 0.2) is 35.5 Å². The molecule has 0 aliphatic rings. The maximum Gasteiger partial charge on any atom is 0.230 e. The van der Waals surface area contributed by atoms with E-state index in [1.165, 1.54) is 11.8 Å². The Morgan fingerprint density at radius 1 is 1.33 bits per heavy atom. The Hall–Kier alpha value is -1.82. The van der Waals surface area contributed by atoms with Gasteiger partial charge < -0.3 is 5.32 Å². The van der Waals surface area contributed by atoms with Crippen LogP contribution in [-0.2, 0) is 17.8 Å². The van der Waals surface area contributed by atoms with Crippen LogP contribution in [0.1, 0.15) is 31.2 Å². The van der Waals surface area contributed by atoms with Crippen molar-refractivity contribution in [2.75, 3.05) is 5.75 Å². The number of aromatic amines is 1. The molecule has 0 fully saturated rings. The monoisotopic (exact) mass is 304 g/mol. The summed E-state index contributed by atoms with van der Waals surface area (Å²) in [6.07, 6.45) is 3.13. The van der Waals surface area contributed by atoms with Gasteiger partial charge in [0.25, 0.3) is 0 Å². The summed E-state index contributed by atoms with van der Waals surface area (Å²) in [5.74, 6) is 1.21. The molecule has 0 atom stereocenters. The van der Waals surface area contributed by atoms with Gasteiger partial charge in [-0.2, -0.15) is 0 Å². The summed E-state index contributed by atoms with van der Waals surface area (Å²) < 4.78 is 0. The molecule has 2 aromatic rings. The number of rotatable bonds is 8. The molecule has 0 aliphatic heterocycles. The Bertz CT molecular complexity index is 556. The first-order valence-corrected chi connectivity index (χ1v) is 8.11. The lowest BCUT2D eigenvalue weighted by atomic mass is 10.2. The number of hydrogen-bond acceptors (Lipinski definition) is 4. The van der Waals surface area contributed by atoms with E-state index in [0.29, 0.717) is 17.5 Å². The Balaban J connectivity index is 1.70. The molecule has 1 aromatic heterocycles. The smallest absolute Gasteiger partial charge is 0.230 e. The summed E-state index contributed by atoms with van der Waals surface area (Å²) in [4.78, 5) is 16.1. The van der Waals surface area contributed by atoms with Gasteiger partial charge in [0.1, 0.15) is 5.82 Å². The van der Waals surface area contributed by atoms with Crippen LogP contribution in [0.3, 0.4) is 0 Å². The van der Waals surface area contributed by atoms with E-state index in [4.69, 9.17) is 0 Å². The topological polar surface area (TPSA) is 70.7 Å². The molecular formula is C15H20N4OS. The van der Waals surface area contributed by atoms with Gasteiger partial charge in [-0.25, -0.2) is 4.98 Å². The number of benzene rings is 1. The highest BCUT2D eigenvalue weighted by atomic mass is 32.2. The van der Waals surface area contributed by atoms with Gasteiger partial charge in [0.05, 0.1) is 5.75 Å². The minimum absolute atomic E-state index is 0.0104. The lowest BCUT2D eigenvalue weighted by Crippen LogP contribution is -2.24. The molecule has 0 unspecified atom stereocenters. The van der Waals surface area contributed by atoms with Crippen molar-refractivity contribution in [1.82, 2.24) is 20.5 Å². The van der Waals surface area contributed by atoms with Gasteiger partial charge in [-0.05, 0) is 12.0 Å². The number of aromatic nitrogens is 3. The van der Waals surface area contributed by atoms with Crippen LogP contribution in [0, 0.1) is 0 Å². The molecule has 2 rings (SSSR count). The molecule has 5 nitrogen and oxygen atoms in total. The molecule has 0 saturated heterocycles. The summed E-state index contributed by atoms with van der Waals surface area (Å²) in [5, 5.41) is 10.5. The molecule has 1 aromatic carbocycles. The van der Waals surface area contributed by atoms with Crippen molar-refractivity contribution >= 4 is 17.7 Å². The number of unbranched alkanes of at least 4 members (excludes halogenated alkanes) is 1. The average Bonchev–Trinajstić information content (AvgIpc) is 2.98. The van der Waals surface area contributed by atoms with Crippen molar-refractivity contribution in [2.45, 2.75) is 37.9 Å². The van der Waals surface area contributed by atoms with Gasteiger partial charge >= 0.3 is 0 Å². The van der Waals surface area contributed by atoms with Crippen molar-refractivity contribution in [3.05, 3.63) is 41.7 Å². The van der Waals surface area contributed by atoms with Crippen LogP contribution in [0.5, 0.6) is 0 Å². The molecule has 0 spiro atoms. The third-order valence-electron chi connectivity index (χ3n) is 2.94. The zero-order valence-corrected chi connectivity index (χ0v) is 12.9. The summed E-state index contributed by atoms with van der Waals surface area (Å²) in [6.45, 7) is 2.69. The average molecular weight is 304 g/mol. The predicted molar refractivity (Wildman–Crippen MR) is 84.0 cm³/mol. The van der Waals surface area contributed by atoms with Gasteiger partial charge in [-0.1, -0.05) is 55.4 Å². The van der Waals surface area contributed by atoms with Gasteiger partial charge in [0, 0.05) is 13.0 Å². The molecule has 0 saturated carbocycles. The number of carbonyl (C=O) groups excluding carboxylic acids is 1. The second-order valence-corrected chi connectivity index (χ2v) is 5.66. The largest absolute Gasteiger partial charge is 0.351 e. The SMILES string of the molecule is CCCCc1nc(SCC(=O)NCc2ccccc2)n[nH]1. The molecule has 0 radical (unpaired) electrons. The normalized spacial score (nSPS) is 10.5. The number of H-pyrrole nitrogens is 1.